The minimum absolute atomic E-state index is 0.207. The molecule has 3 rings (SSSR count). The first-order valence-corrected chi connectivity index (χ1v) is 7.30. The molecule has 0 radical (unpaired) electrons. The summed E-state index contributed by atoms with van der Waals surface area (Å²) < 4.78 is 12.1. The summed E-state index contributed by atoms with van der Waals surface area (Å²) in [6.07, 6.45) is 2.02. The van der Waals surface area contributed by atoms with Gasteiger partial charge in [-0.25, -0.2) is 0 Å². The maximum atomic E-state index is 12.4. The lowest BCUT2D eigenvalue weighted by Gasteiger charge is -2.32. The van der Waals surface area contributed by atoms with E-state index >= 15 is 0 Å². The number of hydrogen-bond donors (Lipinski definition) is 0. The fourth-order valence-corrected chi connectivity index (χ4v) is 2.46. The summed E-state index contributed by atoms with van der Waals surface area (Å²) in [4.78, 5) is 12.4. The predicted octanol–water partition coefficient (Wildman–Crippen LogP) is 2.58. The summed E-state index contributed by atoms with van der Waals surface area (Å²) in [5.41, 5.74) is 0.859. The van der Waals surface area contributed by atoms with Gasteiger partial charge in [-0.3, -0.25) is 4.79 Å². The van der Waals surface area contributed by atoms with Crippen LogP contribution < -0.4 is 5.46 Å². The Morgan fingerprint density at radius 3 is 2.20 bits per heavy atom. The summed E-state index contributed by atoms with van der Waals surface area (Å²) in [7, 11) is -0.459. The van der Waals surface area contributed by atoms with E-state index in [0.29, 0.717) is 0 Å². The average Bonchev–Trinajstić information content (AvgIpc) is 3.17. The van der Waals surface area contributed by atoms with Crippen LogP contribution in [0.25, 0.3) is 0 Å². The number of hydrogen-bond acceptors (Lipinski definition) is 3. The van der Waals surface area contributed by atoms with E-state index < -0.39 is 7.12 Å². The monoisotopic (exact) mass is 272 g/mol. The lowest BCUT2D eigenvalue weighted by molar-refractivity contribution is 0.00578. The number of carbonyl (C=O) groups excluding carboxylic acids is 1. The molecule has 1 aliphatic heterocycles. The molecule has 2 aliphatic rings. The van der Waals surface area contributed by atoms with Crippen molar-refractivity contribution in [2.24, 2.45) is 5.92 Å². The number of Topliss-reactive ketones (excluding diaryl/α,β-unsaturated/α-hetero) is 1. The van der Waals surface area contributed by atoms with Crippen molar-refractivity contribution < 1.29 is 14.1 Å². The molecule has 0 atom stereocenters. The van der Waals surface area contributed by atoms with Crippen LogP contribution >= 0.6 is 0 Å². The van der Waals surface area contributed by atoms with Crippen LogP contribution in [-0.2, 0) is 9.31 Å². The molecule has 0 N–H and O–H groups in total. The molecule has 1 aromatic rings. The Kier molecular flexibility index (Phi) is 3.07. The van der Waals surface area contributed by atoms with Crippen LogP contribution in [-0.4, -0.2) is 24.1 Å². The van der Waals surface area contributed by atoms with Crippen molar-refractivity contribution in [3.8, 4) is 0 Å². The Morgan fingerprint density at radius 1 is 1.10 bits per heavy atom. The Labute approximate surface area is 120 Å². The molecule has 1 saturated heterocycles. The molecule has 2 fully saturated rings. The Bertz CT molecular complexity index is 530. The molecule has 0 amide bonds. The molecule has 0 spiro atoms. The Hall–Kier alpha value is -1.13. The number of carbonyl (C=O) groups is 1. The number of rotatable bonds is 3. The molecular weight excluding hydrogens is 251 g/mol. The van der Waals surface area contributed by atoms with E-state index in [2.05, 4.69) is 0 Å². The minimum atomic E-state index is -0.459. The van der Waals surface area contributed by atoms with Crippen molar-refractivity contribution in [2.45, 2.75) is 51.7 Å². The van der Waals surface area contributed by atoms with Crippen molar-refractivity contribution in [1.82, 2.24) is 0 Å². The fourth-order valence-electron chi connectivity index (χ4n) is 2.46. The van der Waals surface area contributed by atoms with E-state index in [9.17, 15) is 4.79 Å². The molecule has 1 aliphatic carbocycles. The number of ketones is 1. The van der Waals surface area contributed by atoms with Gasteiger partial charge >= 0.3 is 7.12 Å². The van der Waals surface area contributed by atoms with Gasteiger partial charge in [0.15, 0.2) is 5.78 Å². The predicted molar refractivity (Wildman–Crippen MR) is 79.2 cm³/mol. The summed E-state index contributed by atoms with van der Waals surface area (Å²) in [6, 6.07) is 7.67. The van der Waals surface area contributed by atoms with Gasteiger partial charge in [0.1, 0.15) is 0 Å². The van der Waals surface area contributed by atoms with Crippen molar-refractivity contribution in [2.75, 3.05) is 0 Å². The quantitative estimate of drug-likeness (QED) is 0.626. The third-order valence-electron chi connectivity index (χ3n) is 4.68. The van der Waals surface area contributed by atoms with Gasteiger partial charge in [0, 0.05) is 11.5 Å². The Morgan fingerprint density at radius 2 is 1.65 bits per heavy atom. The molecule has 1 aromatic carbocycles. The number of benzene rings is 1. The molecular formula is C16H21BO3. The highest BCUT2D eigenvalue weighted by Gasteiger charge is 2.52. The lowest BCUT2D eigenvalue weighted by atomic mass is 9.74. The van der Waals surface area contributed by atoms with Gasteiger partial charge in [0.25, 0.3) is 0 Å². The van der Waals surface area contributed by atoms with Crippen molar-refractivity contribution in [3.63, 3.8) is 0 Å². The zero-order valence-corrected chi connectivity index (χ0v) is 12.6. The smallest absolute Gasteiger partial charge is 0.399 e. The van der Waals surface area contributed by atoms with Crippen LogP contribution in [0.3, 0.4) is 0 Å². The largest absolute Gasteiger partial charge is 0.495 e. The van der Waals surface area contributed by atoms with Crippen LogP contribution in [0.4, 0.5) is 0 Å². The van der Waals surface area contributed by atoms with Gasteiger partial charge in [0.2, 0.25) is 0 Å². The fraction of sp³-hybridized carbons (Fsp3) is 0.562. The van der Waals surface area contributed by atoms with Gasteiger partial charge in [-0.05, 0) is 46.0 Å². The first-order valence-electron chi connectivity index (χ1n) is 7.30. The van der Waals surface area contributed by atoms with E-state index in [4.69, 9.17) is 9.31 Å². The second-order valence-corrected chi connectivity index (χ2v) is 6.81. The molecule has 3 nitrogen and oxygen atoms in total. The minimum Gasteiger partial charge on any atom is -0.399 e. The zero-order chi connectivity index (χ0) is 14.5. The third-order valence-corrected chi connectivity index (χ3v) is 4.68. The van der Waals surface area contributed by atoms with E-state index in [0.717, 1.165) is 23.9 Å². The van der Waals surface area contributed by atoms with E-state index in [1.807, 2.05) is 52.0 Å². The summed E-state index contributed by atoms with van der Waals surface area (Å²) in [5, 5.41) is 0. The van der Waals surface area contributed by atoms with E-state index in [1.165, 1.54) is 0 Å². The van der Waals surface area contributed by atoms with Crippen LogP contribution in [0.1, 0.15) is 50.9 Å². The third kappa shape index (κ3) is 2.21. The molecule has 4 heteroatoms. The standard InChI is InChI=1S/C16H21BO3/c1-15(2)16(3,4)20-17(19-15)13-8-6-5-7-12(13)14(18)11-9-10-11/h5-8,11H,9-10H2,1-4H3. The molecule has 0 aromatic heterocycles. The first kappa shape index (κ1) is 13.8. The van der Waals surface area contributed by atoms with Crippen LogP contribution in [0.5, 0.6) is 0 Å². The van der Waals surface area contributed by atoms with Gasteiger partial charge in [0.05, 0.1) is 11.2 Å². The highest BCUT2D eigenvalue weighted by molar-refractivity contribution is 6.63. The van der Waals surface area contributed by atoms with Crippen LogP contribution in [0.2, 0.25) is 0 Å². The van der Waals surface area contributed by atoms with E-state index in [1.54, 1.807) is 0 Å². The maximum Gasteiger partial charge on any atom is 0.495 e. The molecule has 1 saturated carbocycles. The zero-order valence-electron chi connectivity index (χ0n) is 12.6. The van der Waals surface area contributed by atoms with Gasteiger partial charge < -0.3 is 9.31 Å². The highest BCUT2D eigenvalue weighted by atomic mass is 16.7. The second kappa shape index (κ2) is 4.44. The molecule has 0 unspecified atom stereocenters. The van der Waals surface area contributed by atoms with Crippen LogP contribution in [0, 0.1) is 5.92 Å². The van der Waals surface area contributed by atoms with Crippen molar-refractivity contribution in [3.05, 3.63) is 29.8 Å². The molecule has 0 bridgehead atoms. The highest BCUT2D eigenvalue weighted by Crippen LogP contribution is 2.37. The summed E-state index contributed by atoms with van der Waals surface area (Å²) in [5.74, 6) is 0.439. The van der Waals surface area contributed by atoms with Crippen LogP contribution in [0.15, 0.2) is 24.3 Å². The topological polar surface area (TPSA) is 35.5 Å². The normalized spacial score (nSPS) is 23.9. The van der Waals surface area contributed by atoms with Crippen molar-refractivity contribution in [1.29, 1.82) is 0 Å². The molecule has 106 valence electrons. The summed E-state index contributed by atoms with van der Waals surface area (Å²) >= 11 is 0. The summed E-state index contributed by atoms with van der Waals surface area (Å²) in [6.45, 7) is 8.10. The lowest BCUT2D eigenvalue weighted by Crippen LogP contribution is -2.41. The Balaban J connectivity index is 1.94. The van der Waals surface area contributed by atoms with Crippen molar-refractivity contribution >= 4 is 18.4 Å². The SMILES string of the molecule is CC1(C)OB(c2ccccc2C(=O)C2CC2)OC1(C)C. The average molecular weight is 272 g/mol. The maximum absolute atomic E-state index is 12.4. The second-order valence-electron chi connectivity index (χ2n) is 6.81. The molecule has 1 heterocycles. The van der Waals surface area contributed by atoms with Gasteiger partial charge in [-0.1, -0.05) is 24.3 Å². The molecule has 20 heavy (non-hydrogen) atoms. The van der Waals surface area contributed by atoms with Gasteiger partial charge in [-0.2, -0.15) is 0 Å². The van der Waals surface area contributed by atoms with E-state index in [-0.39, 0.29) is 22.9 Å². The first-order chi connectivity index (χ1) is 9.32. The van der Waals surface area contributed by atoms with Gasteiger partial charge in [-0.15, -0.1) is 0 Å².